The molecule has 2 heterocycles. The van der Waals surface area contributed by atoms with Crippen LogP contribution in [0.3, 0.4) is 0 Å². The van der Waals surface area contributed by atoms with E-state index in [4.69, 9.17) is 0 Å². The number of likely N-dealkylation sites (tertiary alicyclic amines) is 1. The monoisotopic (exact) mass is 496 g/mol. The maximum atomic E-state index is 13.5. The van der Waals surface area contributed by atoms with Gasteiger partial charge in [0.1, 0.15) is 12.1 Å². The molecular formula is C27H36N4O3S. The number of carbonyl (C=O) groups excluding carboxylic acids is 2. The van der Waals surface area contributed by atoms with Crippen molar-refractivity contribution in [3.8, 4) is 10.4 Å². The first-order valence-electron chi connectivity index (χ1n) is 12.2. The van der Waals surface area contributed by atoms with Crippen LogP contribution in [0.15, 0.2) is 36.0 Å². The van der Waals surface area contributed by atoms with E-state index in [1.807, 2.05) is 40.1 Å². The van der Waals surface area contributed by atoms with Gasteiger partial charge in [-0.2, -0.15) is 0 Å². The summed E-state index contributed by atoms with van der Waals surface area (Å²) < 4.78 is 0. The summed E-state index contributed by atoms with van der Waals surface area (Å²) in [6, 6.07) is 5.06. The van der Waals surface area contributed by atoms with Crippen LogP contribution in [0.5, 0.6) is 0 Å². The number of nitrogens with one attached hydrogen (secondary N) is 2. The number of aliphatic hydroxyl groups excluding tert-OH is 1. The molecule has 0 unspecified atom stereocenters. The summed E-state index contributed by atoms with van der Waals surface area (Å²) in [5, 5.41) is 16.7. The number of nitrogens with zero attached hydrogens (tertiary/aromatic N) is 2. The molecule has 1 aromatic heterocycles. The topological polar surface area (TPSA) is 94.6 Å². The average Bonchev–Trinajstić information content (AvgIpc) is 3.49. The van der Waals surface area contributed by atoms with Crippen molar-refractivity contribution >= 4 is 23.2 Å². The first kappa shape index (κ1) is 25.4. The Bertz CT molecular complexity index is 1140. The van der Waals surface area contributed by atoms with Crippen LogP contribution in [-0.4, -0.2) is 51.5 Å². The number of benzene rings is 1. The van der Waals surface area contributed by atoms with Crippen LogP contribution in [-0.2, 0) is 16.0 Å². The lowest BCUT2D eigenvalue weighted by Gasteiger charge is -2.36. The molecule has 1 aromatic carbocycles. The number of aromatic nitrogens is 1. The SMILES string of the molecule is C=C(C)N[C@H](C(=O)N1C[C@H](O)C[C@H]1C(=O)N[C@@H]1CCc2cc(-c3scnc3C)ccc21)C(C)(C)C. The van der Waals surface area contributed by atoms with E-state index < -0.39 is 18.2 Å². The second-order valence-electron chi connectivity index (χ2n) is 10.9. The largest absolute Gasteiger partial charge is 0.391 e. The molecule has 7 nitrogen and oxygen atoms in total. The van der Waals surface area contributed by atoms with Crippen molar-refractivity contribution in [1.29, 1.82) is 0 Å². The Balaban J connectivity index is 1.50. The van der Waals surface area contributed by atoms with Gasteiger partial charge in [-0.05, 0) is 54.9 Å². The number of aryl methyl sites for hydroxylation is 2. The third-order valence-corrected chi connectivity index (χ3v) is 7.89. The van der Waals surface area contributed by atoms with Gasteiger partial charge in [-0.3, -0.25) is 9.59 Å². The van der Waals surface area contributed by atoms with Gasteiger partial charge in [0.25, 0.3) is 0 Å². The quantitative estimate of drug-likeness (QED) is 0.567. The predicted molar refractivity (Wildman–Crippen MR) is 139 cm³/mol. The van der Waals surface area contributed by atoms with Crippen LogP contribution in [0.1, 0.15) is 63.4 Å². The number of carbonyl (C=O) groups is 2. The molecule has 0 spiro atoms. The summed E-state index contributed by atoms with van der Waals surface area (Å²) in [5.74, 6) is -0.397. The fraction of sp³-hybridized carbons (Fsp3) is 0.519. The van der Waals surface area contributed by atoms with Crippen LogP contribution >= 0.6 is 11.3 Å². The van der Waals surface area contributed by atoms with E-state index in [0.29, 0.717) is 5.70 Å². The van der Waals surface area contributed by atoms with Crippen molar-refractivity contribution in [2.24, 2.45) is 5.41 Å². The van der Waals surface area contributed by atoms with Crippen LogP contribution in [0.25, 0.3) is 10.4 Å². The van der Waals surface area contributed by atoms with Gasteiger partial charge in [-0.1, -0.05) is 39.5 Å². The lowest BCUT2D eigenvalue weighted by atomic mass is 9.85. The highest BCUT2D eigenvalue weighted by atomic mass is 32.1. The molecular weight excluding hydrogens is 460 g/mol. The summed E-state index contributed by atoms with van der Waals surface area (Å²) in [4.78, 5) is 34.0. The lowest BCUT2D eigenvalue weighted by Crippen LogP contribution is -2.56. The zero-order valence-electron chi connectivity index (χ0n) is 21.2. The standard InChI is InChI=1S/C27H36N4O3S/c1-15(2)29-24(27(4,5)6)26(34)31-13-19(32)12-22(31)25(33)30-21-10-8-17-11-18(7-9-20(17)21)23-16(3)28-14-35-23/h7,9,11,14,19,21-22,24,29,32H,1,8,10,12-13H2,2-6H3,(H,30,33)/t19-,21-,22+,24-/m1/s1. The molecule has 188 valence electrons. The van der Waals surface area contributed by atoms with Gasteiger partial charge in [0, 0.05) is 18.7 Å². The number of aliphatic hydroxyl groups is 1. The maximum Gasteiger partial charge on any atom is 0.246 e. The molecule has 1 fully saturated rings. The fourth-order valence-electron chi connectivity index (χ4n) is 5.12. The van der Waals surface area contributed by atoms with Crippen LogP contribution < -0.4 is 10.6 Å². The molecule has 35 heavy (non-hydrogen) atoms. The van der Waals surface area contributed by atoms with Crippen LogP contribution in [0.4, 0.5) is 0 Å². The number of hydrogen-bond donors (Lipinski definition) is 3. The van der Waals surface area contributed by atoms with Gasteiger partial charge < -0.3 is 20.6 Å². The third kappa shape index (κ3) is 5.28. The fourth-order valence-corrected chi connectivity index (χ4v) is 5.92. The van der Waals surface area contributed by atoms with E-state index in [0.717, 1.165) is 29.7 Å². The second kappa shape index (κ2) is 9.74. The highest BCUT2D eigenvalue weighted by molar-refractivity contribution is 7.13. The third-order valence-electron chi connectivity index (χ3n) is 6.91. The number of β-amino-alcohol motifs (C(OH)–C–C–N with tert-alkyl or cyclic N) is 1. The molecule has 1 aliphatic carbocycles. The summed E-state index contributed by atoms with van der Waals surface area (Å²) >= 11 is 1.63. The van der Waals surface area contributed by atoms with E-state index in [-0.39, 0.29) is 36.2 Å². The Hall–Kier alpha value is -2.71. The highest BCUT2D eigenvalue weighted by Crippen LogP contribution is 2.36. The van der Waals surface area contributed by atoms with Crippen molar-refractivity contribution in [3.63, 3.8) is 0 Å². The van der Waals surface area contributed by atoms with E-state index in [9.17, 15) is 14.7 Å². The number of hydrogen-bond acceptors (Lipinski definition) is 6. The highest BCUT2D eigenvalue weighted by Gasteiger charge is 2.44. The van der Waals surface area contributed by atoms with E-state index in [1.165, 1.54) is 15.3 Å². The molecule has 0 bridgehead atoms. The molecule has 4 atom stereocenters. The van der Waals surface area contributed by atoms with Gasteiger partial charge in [0.15, 0.2) is 0 Å². The molecule has 1 saturated heterocycles. The van der Waals surface area contributed by atoms with Crippen LogP contribution in [0, 0.1) is 12.3 Å². The minimum absolute atomic E-state index is 0.101. The summed E-state index contributed by atoms with van der Waals surface area (Å²) in [5.41, 5.74) is 6.70. The molecule has 0 radical (unpaired) electrons. The van der Waals surface area contributed by atoms with Gasteiger partial charge in [-0.15, -0.1) is 11.3 Å². The number of thiazole rings is 1. The second-order valence-corrected chi connectivity index (χ2v) is 11.8. The van der Waals surface area contributed by atoms with Crippen molar-refractivity contribution in [2.75, 3.05) is 6.54 Å². The average molecular weight is 497 g/mol. The van der Waals surface area contributed by atoms with Crippen molar-refractivity contribution in [2.45, 2.75) is 78.1 Å². The Morgan fingerprint density at radius 1 is 1.31 bits per heavy atom. The Kier molecular flexibility index (Phi) is 7.06. The summed E-state index contributed by atoms with van der Waals surface area (Å²) in [6.45, 7) is 13.8. The Morgan fingerprint density at radius 3 is 2.69 bits per heavy atom. The number of amides is 2. The van der Waals surface area contributed by atoms with E-state index >= 15 is 0 Å². The van der Waals surface area contributed by atoms with Crippen LogP contribution in [0.2, 0.25) is 0 Å². The molecule has 2 amide bonds. The zero-order chi connectivity index (χ0) is 25.5. The van der Waals surface area contributed by atoms with E-state index in [1.54, 1.807) is 11.3 Å². The molecule has 1 aliphatic heterocycles. The lowest BCUT2D eigenvalue weighted by molar-refractivity contribution is -0.142. The minimum atomic E-state index is -0.721. The van der Waals surface area contributed by atoms with Crippen molar-refractivity contribution < 1.29 is 14.7 Å². The smallest absolute Gasteiger partial charge is 0.246 e. The normalized spacial score (nSPS) is 22.6. The minimum Gasteiger partial charge on any atom is -0.391 e. The molecule has 2 aliphatic rings. The maximum absolute atomic E-state index is 13.5. The van der Waals surface area contributed by atoms with Gasteiger partial charge in [0.05, 0.1) is 28.2 Å². The Labute approximate surface area is 211 Å². The predicted octanol–water partition coefficient (Wildman–Crippen LogP) is 3.72. The first-order chi connectivity index (χ1) is 16.5. The number of fused-ring (bicyclic) bond motifs is 1. The summed E-state index contributed by atoms with van der Waals surface area (Å²) in [7, 11) is 0. The first-order valence-corrected chi connectivity index (χ1v) is 13.1. The van der Waals surface area contributed by atoms with E-state index in [2.05, 4.69) is 40.4 Å². The van der Waals surface area contributed by atoms with Gasteiger partial charge in [0.2, 0.25) is 11.8 Å². The van der Waals surface area contributed by atoms with Crippen molar-refractivity contribution in [1.82, 2.24) is 20.5 Å². The number of rotatable bonds is 6. The summed E-state index contributed by atoms with van der Waals surface area (Å²) in [6.07, 6.45) is 1.22. The molecule has 0 saturated carbocycles. The van der Waals surface area contributed by atoms with Gasteiger partial charge in [-0.25, -0.2) is 4.98 Å². The zero-order valence-corrected chi connectivity index (χ0v) is 22.0. The molecule has 3 N–H and O–H groups in total. The van der Waals surface area contributed by atoms with Gasteiger partial charge >= 0.3 is 0 Å². The molecule has 2 aromatic rings. The molecule has 8 heteroatoms. The molecule has 4 rings (SSSR count). The van der Waals surface area contributed by atoms with Crippen molar-refractivity contribution in [3.05, 3.63) is 52.8 Å². The number of allylic oxidation sites excluding steroid dienone is 1. The Morgan fingerprint density at radius 2 is 2.06 bits per heavy atom.